The summed E-state index contributed by atoms with van der Waals surface area (Å²) in [5, 5.41) is 16.9. The number of fused-ring (bicyclic) bond motifs is 1. The number of benzene rings is 1. The van der Waals surface area contributed by atoms with E-state index in [1.54, 1.807) is 6.20 Å². The van der Waals surface area contributed by atoms with Gasteiger partial charge in [-0.1, -0.05) is 18.2 Å². The van der Waals surface area contributed by atoms with E-state index in [2.05, 4.69) is 30.3 Å². The number of hydrogen-bond donors (Lipinski definition) is 0. The monoisotopic (exact) mass is 454 g/mol. The van der Waals surface area contributed by atoms with E-state index in [4.69, 9.17) is 9.15 Å². The van der Waals surface area contributed by atoms with E-state index in [0.29, 0.717) is 41.6 Å². The van der Waals surface area contributed by atoms with Crippen LogP contribution in [0.4, 0.5) is 5.82 Å². The molecule has 1 spiro atoms. The van der Waals surface area contributed by atoms with Crippen LogP contribution in [-0.2, 0) is 6.42 Å². The minimum absolute atomic E-state index is 0.154. The molecule has 3 aromatic heterocycles. The Morgan fingerprint density at radius 3 is 2.56 bits per heavy atom. The van der Waals surface area contributed by atoms with Gasteiger partial charge in [0.1, 0.15) is 17.0 Å². The molecule has 5 heterocycles. The predicted octanol–water partition coefficient (Wildman–Crippen LogP) is 3.52. The Labute approximate surface area is 195 Å². The van der Waals surface area contributed by atoms with Gasteiger partial charge in [0.15, 0.2) is 11.6 Å². The van der Waals surface area contributed by atoms with Crippen molar-refractivity contribution in [2.45, 2.75) is 31.3 Å². The molecule has 0 bridgehead atoms. The minimum Gasteiger partial charge on any atom is -0.486 e. The zero-order valence-corrected chi connectivity index (χ0v) is 18.4. The second kappa shape index (κ2) is 8.33. The molecule has 6 rings (SSSR count). The first kappa shape index (κ1) is 20.5. The van der Waals surface area contributed by atoms with E-state index >= 15 is 0 Å². The topological polar surface area (TPSA) is 107 Å². The molecule has 2 aliphatic rings. The molecule has 9 nitrogen and oxygen atoms in total. The maximum absolute atomic E-state index is 12.6. The van der Waals surface area contributed by atoms with Crippen LogP contribution in [0, 0.1) is 0 Å². The quantitative estimate of drug-likeness (QED) is 0.458. The molecular formula is C25H22N6O3. The summed E-state index contributed by atoms with van der Waals surface area (Å²) in [5.41, 5.74) is 1.62. The standard InChI is InChI=1S/C25H22N6O3/c32-20-16-25(34-21-7-2-1-6-18(20)21)10-13-31(14-11-25)22-9-8-19(27-28-22)24-30-29-23(33-24)15-17-5-3-4-12-26-17/h1-9,12H,10-11,13-16H2. The summed E-state index contributed by atoms with van der Waals surface area (Å²) >= 11 is 0. The molecule has 1 aromatic carbocycles. The van der Waals surface area contributed by atoms with Crippen molar-refractivity contribution in [2.24, 2.45) is 0 Å². The van der Waals surface area contributed by atoms with Gasteiger partial charge < -0.3 is 14.1 Å². The average molecular weight is 454 g/mol. The summed E-state index contributed by atoms with van der Waals surface area (Å²) < 4.78 is 12.1. The molecule has 0 N–H and O–H groups in total. The molecule has 9 heteroatoms. The third-order valence-corrected chi connectivity index (χ3v) is 6.39. The van der Waals surface area contributed by atoms with Crippen LogP contribution in [0.15, 0.2) is 65.2 Å². The van der Waals surface area contributed by atoms with Crippen molar-refractivity contribution in [3.63, 3.8) is 0 Å². The van der Waals surface area contributed by atoms with Crippen LogP contribution in [0.25, 0.3) is 11.6 Å². The fraction of sp³-hybridized carbons (Fsp3) is 0.280. The second-order valence-electron chi connectivity index (χ2n) is 8.64. The first-order valence-corrected chi connectivity index (χ1v) is 11.3. The lowest BCUT2D eigenvalue weighted by Gasteiger charge is -2.44. The fourth-order valence-electron chi connectivity index (χ4n) is 4.56. The number of carbonyl (C=O) groups is 1. The zero-order valence-electron chi connectivity index (χ0n) is 18.4. The minimum atomic E-state index is -0.441. The van der Waals surface area contributed by atoms with Crippen LogP contribution in [0.3, 0.4) is 0 Å². The number of ketones is 1. The van der Waals surface area contributed by atoms with Gasteiger partial charge in [0.25, 0.3) is 5.89 Å². The van der Waals surface area contributed by atoms with Crippen LogP contribution in [-0.4, -0.2) is 49.9 Å². The Kier molecular flexibility index (Phi) is 5.01. The molecule has 170 valence electrons. The van der Waals surface area contributed by atoms with Crippen molar-refractivity contribution in [1.29, 1.82) is 0 Å². The summed E-state index contributed by atoms with van der Waals surface area (Å²) in [7, 11) is 0. The lowest BCUT2D eigenvalue weighted by atomic mass is 9.82. The lowest BCUT2D eigenvalue weighted by Crippen LogP contribution is -2.51. The molecule has 0 radical (unpaired) electrons. The zero-order chi connectivity index (χ0) is 23.0. The summed E-state index contributed by atoms with van der Waals surface area (Å²) in [5.74, 6) is 2.42. The number of pyridine rings is 1. The molecule has 0 amide bonds. The van der Waals surface area contributed by atoms with E-state index in [9.17, 15) is 4.79 Å². The Hall–Kier alpha value is -4.14. The number of aromatic nitrogens is 5. The lowest BCUT2D eigenvalue weighted by molar-refractivity contribution is 0.0231. The van der Waals surface area contributed by atoms with Gasteiger partial charge in [0.2, 0.25) is 5.89 Å². The maximum Gasteiger partial charge on any atom is 0.268 e. The molecule has 2 aliphatic heterocycles. The van der Waals surface area contributed by atoms with E-state index in [0.717, 1.165) is 37.4 Å². The van der Waals surface area contributed by atoms with Crippen LogP contribution < -0.4 is 9.64 Å². The van der Waals surface area contributed by atoms with Gasteiger partial charge in [-0.3, -0.25) is 9.78 Å². The Morgan fingerprint density at radius 2 is 1.76 bits per heavy atom. The first-order chi connectivity index (χ1) is 16.7. The predicted molar refractivity (Wildman–Crippen MR) is 123 cm³/mol. The number of anilines is 1. The van der Waals surface area contributed by atoms with Crippen molar-refractivity contribution < 1.29 is 13.9 Å². The van der Waals surface area contributed by atoms with Crippen LogP contribution >= 0.6 is 0 Å². The van der Waals surface area contributed by atoms with Crippen LogP contribution in [0.5, 0.6) is 5.75 Å². The summed E-state index contributed by atoms with van der Waals surface area (Å²) in [6, 6.07) is 16.9. The molecule has 0 aliphatic carbocycles. The van der Waals surface area contributed by atoms with Gasteiger partial charge in [0, 0.05) is 37.8 Å². The Morgan fingerprint density at radius 1 is 0.912 bits per heavy atom. The Bertz CT molecular complexity index is 1310. The number of carbonyl (C=O) groups excluding carboxylic acids is 1. The molecular weight excluding hydrogens is 432 g/mol. The van der Waals surface area contributed by atoms with Crippen molar-refractivity contribution in [2.75, 3.05) is 18.0 Å². The summed E-state index contributed by atoms with van der Waals surface area (Å²) in [4.78, 5) is 19.1. The number of ether oxygens (including phenoxy) is 1. The molecule has 0 saturated carbocycles. The van der Waals surface area contributed by atoms with Gasteiger partial charge in [-0.05, 0) is 36.4 Å². The largest absolute Gasteiger partial charge is 0.486 e. The van der Waals surface area contributed by atoms with Crippen molar-refractivity contribution >= 4 is 11.6 Å². The molecule has 0 atom stereocenters. The van der Waals surface area contributed by atoms with Gasteiger partial charge >= 0.3 is 0 Å². The van der Waals surface area contributed by atoms with E-state index < -0.39 is 5.60 Å². The number of nitrogens with zero attached hydrogens (tertiary/aromatic N) is 6. The van der Waals surface area contributed by atoms with Gasteiger partial charge in [-0.25, -0.2) is 0 Å². The van der Waals surface area contributed by atoms with Crippen LogP contribution in [0.1, 0.15) is 41.2 Å². The molecule has 4 aromatic rings. The number of rotatable bonds is 4. The van der Waals surface area contributed by atoms with E-state index in [-0.39, 0.29) is 5.78 Å². The van der Waals surface area contributed by atoms with Gasteiger partial charge in [0.05, 0.1) is 18.4 Å². The Balaban J connectivity index is 1.11. The number of hydrogen-bond acceptors (Lipinski definition) is 9. The second-order valence-corrected chi connectivity index (χ2v) is 8.64. The van der Waals surface area contributed by atoms with Crippen molar-refractivity contribution in [3.8, 4) is 17.3 Å². The van der Waals surface area contributed by atoms with E-state index in [1.807, 2.05) is 54.6 Å². The molecule has 34 heavy (non-hydrogen) atoms. The molecule has 1 saturated heterocycles. The summed E-state index contributed by atoms with van der Waals surface area (Å²) in [6.07, 6.45) is 4.11. The first-order valence-electron chi connectivity index (χ1n) is 11.3. The maximum atomic E-state index is 12.6. The number of piperidine rings is 1. The third-order valence-electron chi connectivity index (χ3n) is 6.39. The average Bonchev–Trinajstić information content (AvgIpc) is 3.34. The fourth-order valence-corrected chi connectivity index (χ4v) is 4.56. The van der Waals surface area contributed by atoms with E-state index in [1.165, 1.54) is 0 Å². The smallest absolute Gasteiger partial charge is 0.268 e. The highest BCUT2D eigenvalue weighted by Crippen LogP contribution is 2.39. The van der Waals surface area contributed by atoms with Crippen molar-refractivity contribution in [1.82, 2.24) is 25.4 Å². The highest BCUT2D eigenvalue weighted by atomic mass is 16.5. The third kappa shape index (κ3) is 3.89. The highest BCUT2D eigenvalue weighted by molar-refractivity contribution is 6.00. The van der Waals surface area contributed by atoms with Crippen molar-refractivity contribution in [3.05, 3.63) is 77.9 Å². The SMILES string of the molecule is O=C1CC2(CCN(c3ccc(-c4nnc(Cc5ccccn5)o4)nn3)CC2)Oc2ccccc21. The van der Waals surface area contributed by atoms with Gasteiger partial charge in [-0.15, -0.1) is 20.4 Å². The normalized spacial score (nSPS) is 16.8. The van der Waals surface area contributed by atoms with Crippen LogP contribution in [0.2, 0.25) is 0 Å². The number of Topliss-reactive ketones (excluding diaryl/α,β-unsaturated/α-hetero) is 1. The molecule has 0 unspecified atom stereocenters. The summed E-state index contributed by atoms with van der Waals surface area (Å²) in [6.45, 7) is 1.47. The van der Waals surface area contributed by atoms with Gasteiger partial charge in [-0.2, -0.15) is 0 Å². The number of para-hydroxylation sites is 1. The highest BCUT2D eigenvalue weighted by Gasteiger charge is 2.43. The molecule has 1 fully saturated rings.